The Balaban J connectivity index is 1.20. The number of aryl methyl sites for hydroxylation is 1. The summed E-state index contributed by atoms with van der Waals surface area (Å²) in [7, 11) is 1.62. The van der Waals surface area contributed by atoms with Crippen LogP contribution < -0.4 is 14.8 Å². The lowest BCUT2D eigenvalue weighted by Crippen LogP contribution is -2.57. The van der Waals surface area contributed by atoms with Gasteiger partial charge in [-0.3, -0.25) is 9.78 Å². The van der Waals surface area contributed by atoms with Gasteiger partial charge in [0.1, 0.15) is 0 Å². The number of rotatable bonds is 7. The van der Waals surface area contributed by atoms with Gasteiger partial charge < -0.3 is 19.7 Å². The van der Waals surface area contributed by atoms with Gasteiger partial charge in [-0.05, 0) is 66.9 Å². The number of amides is 1. The SMILES string of the molecule is COc1cccnc1NC1CN(C(=O)c2ccc(NSc3cccc4cccnc34)c(C)c2)C1. The number of nitrogens with zero attached hydrogens (tertiary/aromatic N) is 3. The number of pyridine rings is 2. The molecule has 0 radical (unpaired) electrons. The van der Waals surface area contributed by atoms with Crippen molar-refractivity contribution in [3.05, 3.63) is 84.2 Å². The molecule has 7 nitrogen and oxygen atoms in total. The van der Waals surface area contributed by atoms with Crippen molar-refractivity contribution in [2.45, 2.75) is 17.9 Å². The lowest BCUT2D eigenvalue weighted by atomic mass is 10.0. The van der Waals surface area contributed by atoms with Crippen LogP contribution in [0.2, 0.25) is 0 Å². The van der Waals surface area contributed by atoms with E-state index >= 15 is 0 Å². The topological polar surface area (TPSA) is 79.4 Å². The summed E-state index contributed by atoms with van der Waals surface area (Å²) >= 11 is 1.53. The van der Waals surface area contributed by atoms with E-state index in [4.69, 9.17) is 4.74 Å². The average molecular weight is 472 g/mol. The Morgan fingerprint density at radius 1 is 1.06 bits per heavy atom. The van der Waals surface area contributed by atoms with Crippen LogP contribution in [0.1, 0.15) is 15.9 Å². The molecular formula is C26H25N5O2S. The van der Waals surface area contributed by atoms with Crippen molar-refractivity contribution in [3.8, 4) is 5.75 Å². The molecule has 172 valence electrons. The molecule has 2 aromatic heterocycles. The lowest BCUT2D eigenvalue weighted by Gasteiger charge is -2.40. The zero-order valence-electron chi connectivity index (χ0n) is 19.0. The molecule has 1 saturated heterocycles. The highest BCUT2D eigenvalue weighted by Gasteiger charge is 2.32. The maximum atomic E-state index is 13.0. The van der Waals surface area contributed by atoms with Crippen LogP contribution in [-0.4, -0.2) is 47.0 Å². The second-order valence-electron chi connectivity index (χ2n) is 8.17. The number of nitrogens with one attached hydrogen (secondary N) is 2. The van der Waals surface area contributed by atoms with E-state index in [0.717, 1.165) is 27.0 Å². The number of aromatic nitrogens is 2. The smallest absolute Gasteiger partial charge is 0.254 e. The van der Waals surface area contributed by atoms with E-state index in [2.05, 4.69) is 38.2 Å². The van der Waals surface area contributed by atoms with Gasteiger partial charge >= 0.3 is 0 Å². The molecule has 1 amide bonds. The highest BCUT2D eigenvalue weighted by Crippen LogP contribution is 2.30. The maximum Gasteiger partial charge on any atom is 0.254 e. The van der Waals surface area contributed by atoms with E-state index in [1.807, 2.05) is 54.3 Å². The number of para-hydroxylation sites is 1. The van der Waals surface area contributed by atoms with Crippen molar-refractivity contribution in [2.24, 2.45) is 0 Å². The van der Waals surface area contributed by atoms with Gasteiger partial charge in [0, 0.05) is 42.1 Å². The normalized spacial score (nSPS) is 13.4. The molecule has 5 rings (SSSR count). The van der Waals surface area contributed by atoms with Crippen LogP contribution in [0.4, 0.5) is 11.5 Å². The molecule has 1 aliphatic heterocycles. The van der Waals surface area contributed by atoms with Gasteiger partial charge in [-0.25, -0.2) is 4.98 Å². The average Bonchev–Trinajstić information content (AvgIpc) is 2.85. The minimum Gasteiger partial charge on any atom is -0.493 e. The van der Waals surface area contributed by atoms with Crippen LogP contribution in [0.15, 0.2) is 78.0 Å². The molecule has 34 heavy (non-hydrogen) atoms. The Bertz CT molecular complexity index is 1330. The summed E-state index contributed by atoms with van der Waals surface area (Å²) < 4.78 is 8.75. The van der Waals surface area contributed by atoms with Crippen molar-refractivity contribution in [2.75, 3.05) is 30.2 Å². The summed E-state index contributed by atoms with van der Waals surface area (Å²) in [6, 6.07) is 19.8. The van der Waals surface area contributed by atoms with Crippen LogP contribution in [0, 0.1) is 6.92 Å². The molecule has 0 aliphatic carbocycles. The summed E-state index contributed by atoms with van der Waals surface area (Å²) in [5.74, 6) is 1.43. The first kappa shape index (κ1) is 22.0. The number of likely N-dealkylation sites (tertiary alicyclic amines) is 1. The highest BCUT2D eigenvalue weighted by atomic mass is 32.2. The van der Waals surface area contributed by atoms with E-state index in [1.165, 1.54) is 11.9 Å². The van der Waals surface area contributed by atoms with Gasteiger partial charge in [0.15, 0.2) is 11.6 Å². The zero-order valence-corrected chi connectivity index (χ0v) is 19.8. The first-order chi connectivity index (χ1) is 16.6. The molecule has 1 fully saturated rings. The molecule has 1 aliphatic rings. The van der Waals surface area contributed by atoms with Gasteiger partial charge in [0.05, 0.1) is 23.6 Å². The fraction of sp³-hybridized carbons (Fsp3) is 0.192. The lowest BCUT2D eigenvalue weighted by molar-refractivity contribution is 0.0624. The Hall–Kier alpha value is -3.78. The molecule has 0 spiro atoms. The molecule has 8 heteroatoms. The summed E-state index contributed by atoms with van der Waals surface area (Å²) in [6.07, 6.45) is 3.53. The molecule has 2 N–H and O–H groups in total. The number of fused-ring (bicyclic) bond motifs is 1. The zero-order chi connectivity index (χ0) is 23.5. The van der Waals surface area contributed by atoms with Crippen LogP contribution in [-0.2, 0) is 0 Å². The minimum atomic E-state index is 0.0339. The summed E-state index contributed by atoms with van der Waals surface area (Å²) in [5.41, 5.74) is 3.64. The van der Waals surface area contributed by atoms with E-state index in [-0.39, 0.29) is 11.9 Å². The molecule has 3 heterocycles. The number of hydrogen-bond donors (Lipinski definition) is 2. The third kappa shape index (κ3) is 4.49. The quantitative estimate of drug-likeness (QED) is 0.367. The number of carbonyl (C=O) groups excluding carboxylic acids is 1. The van der Waals surface area contributed by atoms with Crippen LogP contribution in [0.3, 0.4) is 0 Å². The standard InChI is InChI=1S/C26H25N5O2S/c1-17-14-19(26(32)31-15-20(16-31)29-25-22(33-2)8-5-13-28-25)10-11-21(17)30-34-23-9-3-6-18-7-4-12-27-24(18)23/h3-14,20,30H,15-16H2,1-2H3,(H,28,29). The van der Waals surface area contributed by atoms with E-state index < -0.39 is 0 Å². The Kier molecular flexibility index (Phi) is 6.22. The minimum absolute atomic E-state index is 0.0339. The summed E-state index contributed by atoms with van der Waals surface area (Å²) in [6.45, 7) is 3.26. The van der Waals surface area contributed by atoms with E-state index in [9.17, 15) is 4.79 Å². The monoisotopic (exact) mass is 471 g/mol. The van der Waals surface area contributed by atoms with Crippen molar-refractivity contribution >= 4 is 40.3 Å². The van der Waals surface area contributed by atoms with Gasteiger partial charge in [-0.15, -0.1) is 0 Å². The number of carbonyl (C=O) groups is 1. The number of methoxy groups -OCH3 is 1. The molecule has 2 aromatic carbocycles. The van der Waals surface area contributed by atoms with Gasteiger partial charge in [-0.2, -0.15) is 0 Å². The summed E-state index contributed by atoms with van der Waals surface area (Å²) in [5, 5.41) is 4.46. The Morgan fingerprint density at radius 3 is 2.68 bits per heavy atom. The molecule has 4 aromatic rings. The van der Waals surface area contributed by atoms with Gasteiger partial charge in [-0.1, -0.05) is 18.2 Å². The van der Waals surface area contributed by atoms with Gasteiger partial charge in [0.2, 0.25) is 0 Å². The first-order valence-electron chi connectivity index (χ1n) is 11.0. The molecular weight excluding hydrogens is 446 g/mol. The fourth-order valence-electron chi connectivity index (χ4n) is 3.96. The Morgan fingerprint density at radius 2 is 1.85 bits per heavy atom. The largest absolute Gasteiger partial charge is 0.493 e. The fourth-order valence-corrected chi connectivity index (χ4v) is 4.82. The van der Waals surface area contributed by atoms with Crippen LogP contribution >= 0.6 is 11.9 Å². The van der Waals surface area contributed by atoms with E-state index in [0.29, 0.717) is 30.2 Å². The van der Waals surface area contributed by atoms with Crippen molar-refractivity contribution in [1.82, 2.24) is 14.9 Å². The number of benzene rings is 2. The number of ether oxygens (including phenoxy) is 1. The van der Waals surface area contributed by atoms with Crippen LogP contribution in [0.5, 0.6) is 5.75 Å². The van der Waals surface area contributed by atoms with Crippen LogP contribution in [0.25, 0.3) is 10.9 Å². The Labute approximate surface area is 202 Å². The second kappa shape index (κ2) is 9.61. The third-order valence-corrected chi connectivity index (χ3v) is 6.71. The first-order valence-corrected chi connectivity index (χ1v) is 11.9. The molecule has 0 unspecified atom stereocenters. The van der Waals surface area contributed by atoms with Gasteiger partial charge in [0.25, 0.3) is 5.91 Å². The molecule has 0 saturated carbocycles. The van der Waals surface area contributed by atoms with Crippen molar-refractivity contribution in [1.29, 1.82) is 0 Å². The molecule has 0 bridgehead atoms. The third-order valence-electron chi connectivity index (χ3n) is 5.84. The second-order valence-corrected chi connectivity index (χ2v) is 9.02. The number of anilines is 2. The maximum absolute atomic E-state index is 13.0. The van der Waals surface area contributed by atoms with Crippen molar-refractivity contribution < 1.29 is 9.53 Å². The summed E-state index contributed by atoms with van der Waals surface area (Å²) in [4.78, 5) is 24.7. The number of hydrogen-bond acceptors (Lipinski definition) is 7. The van der Waals surface area contributed by atoms with Crippen molar-refractivity contribution in [3.63, 3.8) is 0 Å². The predicted molar refractivity (Wildman–Crippen MR) is 137 cm³/mol. The van der Waals surface area contributed by atoms with E-state index in [1.54, 1.807) is 19.5 Å². The highest BCUT2D eigenvalue weighted by molar-refractivity contribution is 8.00. The molecule has 0 atom stereocenters. The predicted octanol–water partition coefficient (Wildman–Crippen LogP) is 5.00.